The van der Waals surface area contributed by atoms with Crippen molar-refractivity contribution in [3.05, 3.63) is 0 Å². The van der Waals surface area contributed by atoms with Gasteiger partial charge in [-0.2, -0.15) is 0 Å². The van der Waals surface area contributed by atoms with Gasteiger partial charge in [-0.05, 0) is 19.3 Å². The monoisotopic (exact) mass is 288 g/mol. The van der Waals surface area contributed by atoms with Gasteiger partial charge in [0, 0.05) is 0 Å². The maximum absolute atomic E-state index is 10.6. The van der Waals surface area contributed by atoms with Gasteiger partial charge in [0.25, 0.3) is 0 Å². The zero-order valence-electron chi connectivity index (χ0n) is 9.25. The van der Waals surface area contributed by atoms with Crippen LogP contribution in [0.3, 0.4) is 0 Å². The van der Waals surface area contributed by atoms with Gasteiger partial charge in [-0.1, -0.05) is 6.42 Å². The largest absolute Gasteiger partial charge is 1.00 e. The molecule has 0 spiro atoms. The zero-order chi connectivity index (χ0) is 11.0. The SMILES string of the molecule is O=S(=O)([O-])C1CCCC(S(=O)(=O)[O-])C1.[Na+].[Na+]. The molecule has 1 aliphatic carbocycles. The van der Waals surface area contributed by atoms with Gasteiger partial charge in [0.15, 0.2) is 0 Å². The summed E-state index contributed by atoms with van der Waals surface area (Å²) in [4.78, 5) is 0. The summed E-state index contributed by atoms with van der Waals surface area (Å²) in [6.07, 6.45) is 0.242. The first kappa shape index (κ1) is 20.1. The van der Waals surface area contributed by atoms with Crippen molar-refractivity contribution in [3.63, 3.8) is 0 Å². The minimum absolute atomic E-state index is 0. The van der Waals surface area contributed by atoms with Crippen molar-refractivity contribution in [1.82, 2.24) is 0 Å². The van der Waals surface area contributed by atoms with Crippen molar-refractivity contribution in [1.29, 1.82) is 0 Å². The first-order valence-corrected chi connectivity index (χ1v) is 7.05. The van der Waals surface area contributed by atoms with Gasteiger partial charge < -0.3 is 9.11 Å². The summed E-state index contributed by atoms with van der Waals surface area (Å²) in [7, 11) is -8.94. The molecule has 10 heteroatoms. The minimum Gasteiger partial charge on any atom is -0.748 e. The van der Waals surface area contributed by atoms with Crippen LogP contribution in [0.15, 0.2) is 0 Å². The van der Waals surface area contributed by atoms with Crippen molar-refractivity contribution >= 4 is 20.2 Å². The van der Waals surface area contributed by atoms with Crippen molar-refractivity contribution in [2.24, 2.45) is 0 Å². The number of rotatable bonds is 2. The summed E-state index contributed by atoms with van der Waals surface area (Å²) in [6, 6.07) is 0. The van der Waals surface area contributed by atoms with E-state index in [0.717, 1.165) is 0 Å². The number of hydrogen-bond acceptors (Lipinski definition) is 6. The molecule has 1 rings (SSSR count). The fourth-order valence-corrected chi connectivity index (χ4v) is 3.60. The van der Waals surface area contributed by atoms with Crippen LogP contribution < -0.4 is 59.1 Å². The first-order valence-electron chi connectivity index (χ1n) is 4.10. The second-order valence-corrected chi connectivity index (χ2v) is 6.70. The van der Waals surface area contributed by atoms with E-state index in [1.165, 1.54) is 0 Å². The molecule has 1 aliphatic rings. The van der Waals surface area contributed by atoms with Crippen LogP contribution in [0.1, 0.15) is 25.7 Å². The third-order valence-corrected chi connectivity index (χ3v) is 4.88. The van der Waals surface area contributed by atoms with Crippen molar-refractivity contribution in [2.75, 3.05) is 0 Å². The van der Waals surface area contributed by atoms with Gasteiger partial charge in [0.05, 0.1) is 30.7 Å². The topological polar surface area (TPSA) is 114 Å². The summed E-state index contributed by atoms with van der Waals surface area (Å²) >= 11 is 0. The van der Waals surface area contributed by atoms with Crippen LogP contribution in [-0.2, 0) is 20.2 Å². The fraction of sp³-hybridized carbons (Fsp3) is 1.00. The molecule has 0 N–H and O–H groups in total. The zero-order valence-corrected chi connectivity index (χ0v) is 14.9. The minimum atomic E-state index is -4.47. The predicted molar refractivity (Wildman–Crippen MR) is 45.4 cm³/mol. The quantitative estimate of drug-likeness (QED) is 0.368. The second kappa shape index (κ2) is 7.42. The molecule has 2 unspecified atom stereocenters. The van der Waals surface area contributed by atoms with Crippen LogP contribution in [0.5, 0.6) is 0 Å². The molecule has 2 atom stereocenters. The summed E-state index contributed by atoms with van der Waals surface area (Å²) in [6.45, 7) is 0. The molecular weight excluding hydrogens is 278 g/mol. The van der Waals surface area contributed by atoms with Crippen LogP contribution in [0.2, 0.25) is 0 Å². The molecule has 0 radical (unpaired) electrons. The Balaban J connectivity index is 0. The molecule has 84 valence electrons. The van der Waals surface area contributed by atoms with E-state index in [2.05, 4.69) is 0 Å². The van der Waals surface area contributed by atoms with E-state index < -0.39 is 30.7 Å². The summed E-state index contributed by atoms with van der Waals surface area (Å²) in [5, 5.41) is -2.44. The van der Waals surface area contributed by atoms with Crippen molar-refractivity contribution < 1.29 is 85.1 Å². The maximum Gasteiger partial charge on any atom is 1.00 e. The third-order valence-electron chi connectivity index (χ3n) is 2.39. The third kappa shape index (κ3) is 6.12. The Morgan fingerprint density at radius 3 is 1.38 bits per heavy atom. The molecular formula is C6H10Na2O6S2. The maximum atomic E-state index is 10.6. The van der Waals surface area contributed by atoms with E-state index in [4.69, 9.17) is 0 Å². The van der Waals surface area contributed by atoms with Crippen LogP contribution >= 0.6 is 0 Å². The van der Waals surface area contributed by atoms with E-state index in [1.54, 1.807) is 0 Å². The fourth-order valence-electron chi connectivity index (χ4n) is 1.63. The van der Waals surface area contributed by atoms with Gasteiger partial charge in [0.2, 0.25) is 0 Å². The average molecular weight is 288 g/mol. The van der Waals surface area contributed by atoms with Gasteiger partial charge in [-0.3, -0.25) is 0 Å². The van der Waals surface area contributed by atoms with Gasteiger partial charge in [0.1, 0.15) is 0 Å². The van der Waals surface area contributed by atoms with Crippen LogP contribution in [0.25, 0.3) is 0 Å². The summed E-state index contributed by atoms with van der Waals surface area (Å²) < 4.78 is 63.6. The van der Waals surface area contributed by atoms with Crippen LogP contribution in [0, 0.1) is 0 Å². The number of hydrogen-bond donors (Lipinski definition) is 0. The Kier molecular flexibility index (Phi) is 9.34. The Morgan fingerprint density at radius 1 is 0.812 bits per heavy atom. The average Bonchev–Trinajstić information content (AvgIpc) is 2.01. The Bertz CT molecular complexity index is 365. The second-order valence-electron chi connectivity index (χ2n) is 3.40. The van der Waals surface area contributed by atoms with Crippen molar-refractivity contribution in [3.8, 4) is 0 Å². The molecule has 0 saturated heterocycles. The Morgan fingerprint density at radius 2 is 1.12 bits per heavy atom. The van der Waals surface area contributed by atoms with Gasteiger partial charge in [-0.25, -0.2) is 16.8 Å². The van der Waals surface area contributed by atoms with E-state index in [9.17, 15) is 25.9 Å². The first-order chi connectivity index (χ1) is 6.21. The predicted octanol–water partition coefficient (Wildman–Crippen LogP) is -6.60. The smallest absolute Gasteiger partial charge is 0.748 e. The molecule has 0 aliphatic heterocycles. The van der Waals surface area contributed by atoms with Crippen LogP contribution in [0.4, 0.5) is 0 Å². The normalized spacial score (nSPS) is 26.4. The molecule has 0 aromatic rings. The molecule has 1 fully saturated rings. The molecule has 0 amide bonds. The van der Waals surface area contributed by atoms with Gasteiger partial charge in [-0.15, -0.1) is 0 Å². The molecule has 0 bridgehead atoms. The van der Waals surface area contributed by atoms with E-state index in [-0.39, 0.29) is 84.8 Å². The van der Waals surface area contributed by atoms with E-state index in [0.29, 0.717) is 0 Å². The molecule has 0 heterocycles. The van der Waals surface area contributed by atoms with Crippen molar-refractivity contribution in [2.45, 2.75) is 36.2 Å². The summed E-state index contributed by atoms with van der Waals surface area (Å²) in [5.74, 6) is 0. The molecule has 0 aromatic heterocycles. The molecule has 16 heavy (non-hydrogen) atoms. The van der Waals surface area contributed by atoms with Gasteiger partial charge >= 0.3 is 59.1 Å². The van der Waals surface area contributed by atoms with Crippen LogP contribution in [-0.4, -0.2) is 36.4 Å². The molecule has 6 nitrogen and oxygen atoms in total. The Labute approximate surface area is 140 Å². The van der Waals surface area contributed by atoms with E-state index >= 15 is 0 Å². The standard InChI is InChI=1S/C6H12O6S2.2Na/c7-13(8,9)5-2-1-3-6(4-5)14(10,11)12;;/h5-6H,1-4H2,(H,7,8,9)(H,10,11,12);;/q;2*+1/p-2. The molecule has 0 aromatic carbocycles. The summed E-state index contributed by atoms with van der Waals surface area (Å²) in [5.41, 5.74) is 0. The molecule has 1 saturated carbocycles. The van der Waals surface area contributed by atoms with E-state index in [1.807, 2.05) is 0 Å². The Hall–Kier alpha value is 1.82.